The molecule has 0 amide bonds. The zero-order chi connectivity index (χ0) is 11.5. The minimum absolute atomic E-state index is 0.345. The van der Waals surface area contributed by atoms with E-state index in [-0.39, 0.29) is 0 Å². The predicted molar refractivity (Wildman–Crippen MR) is 70.8 cm³/mol. The summed E-state index contributed by atoms with van der Waals surface area (Å²) < 4.78 is 0. The Balaban J connectivity index is 2.46. The summed E-state index contributed by atoms with van der Waals surface area (Å²) in [6.45, 7) is 8.28. The van der Waals surface area contributed by atoms with E-state index in [1.165, 1.54) is 32.5 Å². The van der Waals surface area contributed by atoms with Crippen molar-refractivity contribution in [1.29, 1.82) is 0 Å². The van der Waals surface area contributed by atoms with E-state index in [1.807, 2.05) is 0 Å². The van der Waals surface area contributed by atoms with Crippen molar-refractivity contribution in [3.63, 3.8) is 0 Å². The van der Waals surface area contributed by atoms with Gasteiger partial charge in [-0.05, 0) is 44.6 Å². The lowest BCUT2D eigenvalue weighted by atomic mass is 9.95. The molecule has 90 valence electrons. The number of likely N-dealkylation sites (N-methyl/N-ethyl adjacent to an activating group) is 1. The molecule has 15 heavy (non-hydrogen) atoms. The normalized spacial score (nSPS) is 24.0. The van der Waals surface area contributed by atoms with Gasteiger partial charge in [-0.2, -0.15) is 12.6 Å². The summed E-state index contributed by atoms with van der Waals surface area (Å²) >= 11 is 4.44. The van der Waals surface area contributed by atoms with Gasteiger partial charge >= 0.3 is 0 Å². The van der Waals surface area contributed by atoms with Gasteiger partial charge < -0.3 is 4.90 Å². The highest BCUT2D eigenvalue weighted by Gasteiger charge is 2.29. The van der Waals surface area contributed by atoms with Crippen LogP contribution in [0.15, 0.2) is 0 Å². The van der Waals surface area contributed by atoms with Crippen LogP contribution in [0.5, 0.6) is 0 Å². The Hall–Kier alpha value is 0.270. The van der Waals surface area contributed by atoms with Gasteiger partial charge in [0.2, 0.25) is 0 Å². The lowest BCUT2D eigenvalue weighted by Crippen LogP contribution is -2.42. The highest BCUT2D eigenvalue weighted by molar-refractivity contribution is 7.80. The molecule has 0 bridgehead atoms. The van der Waals surface area contributed by atoms with Crippen molar-refractivity contribution >= 4 is 12.6 Å². The fraction of sp³-hybridized carbons (Fsp3) is 1.00. The molecule has 0 aromatic carbocycles. The van der Waals surface area contributed by atoms with E-state index < -0.39 is 0 Å². The van der Waals surface area contributed by atoms with Gasteiger partial charge in [0, 0.05) is 19.1 Å². The molecule has 0 radical (unpaired) electrons. The van der Waals surface area contributed by atoms with Crippen molar-refractivity contribution in [1.82, 2.24) is 9.80 Å². The number of likely N-dealkylation sites (tertiary alicyclic amines) is 1. The lowest BCUT2D eigenvalue weighted by Gasteiger charge is -2.33. The van der Waals surface area contributed by atoms with Gasteiger partial charge in [0.05, 0.1) is 0 Å². The Labute approximate surface area is 100 Å². The summed E-state index contributed by atoms with van der Waals surface area (Å²) in [6, 6.07) is 0.763. The Kier molecular flexibility index (Phi) is 4.94. The van der Waals surface area contributed by atoms with Crippen molar-refractivity contribution < 1.29 is 0 Å². The third-order valence-corrected chi connectivity index (χ3v) is 3.99. The van der Waals surface area contributed by atoms with E-state index in [9.17, 15) is 0 Å². The largest absolute Gasteiger partial charge is 0.308 e. The maximum Gasteiger partial charge on any atom is 0.0223 e. The minimum Gasteiger partial charge on any atom is -0.308 e. The topological polar surface area (TPSA) is 6.48 Å². The van der Waals surface area contributed by atoms with Gasteiger partial charge in [-0.15, -0.1) is 0 Å². The minimum atomic E-state index is 0.345. The molecule has 1 rings (SSSR count). The van der Waals surface area contributed by atoms with Crippen LogP contribution in [0.25, 0.3) is 0 Å². The van der Waals surface area contributed by atoms with Crippen LogP contribution in [0.4, 0.5) is 0 Å². The molecule has 0 N–H and O–H groups in total. The molecule has 0 spiro atoms. The molecular weight excluding hydrogens is 204 g/mol. The van der Waals surface area contributed by atoms with Crippen molar-refractivity contribution in [3.8, 4) is 0 Å². The maximum absolute atomic E-state index is 4.44. The molecule has 1 aliphatic heterocycles. The molecule has 1 unspecified atom stereocenters. The highest BCUT2D eigenvalue weighted by Crippen LogP contribution is 2.25. The summed E-state index contributed by atoms with van der Waals surface area (Å²) in [4.78, 5) is 4.95. The maximum atomic E-state index is 4.44. The second-order valence-electron chi connectivity index (χ2n) is 5.85. The average Bonchev–Trinajstić information content (AvgIpc) is 2.51. The molecule has 1 aliphatic rings. The van der Waals surface area contributed by atoms with Gasteiger partial charge in [0.1, 0.15) is 0 Å². The molecule has 0 aromatic heterocycles. The number of thiol groups is 1. The van der Waals surface area contributed by atoms with Crippen LogP contribution in [0.1, 0.15) is 26.7 Å². The smallest absolute Gasteiger partial charge is 0.0223 e. The van der Waals surface area contributed by atoms with Crippen LogP contribution >= 0.6 is 12.6 Å². The Morgan fingerprint density at radius 1 is 1.40 bits per heavy atom. The monoisotopic (exact) mass is 230 g/mol. The molecule has 0 aromatic rings. The molecule has 0 saturated carbocycles. The van der Waals surface area contributed by atoms with Crippen LogP contribution in [0, 0.1) is 5.41 Å². The number of rotatable bonds is 5. The van der Waals surface area contributed by atoms with E-state index in [4.69, 9.17) is 0 Å². The van der Waals surface area contributed by atoms with Crippen molar-refractivity contribution in [2.24, 2.45) is 5.41 Å². The first-order valence-corrected chi connectivity index (χ1v) is 6.57. The fourth-order valence-electron chi connectivity index (χ4n) is 2.33. The standard InChI is InChI=1S/C12H26N2S/c1-12(2,10-15)9-14-7-5-6-11(14)8-13(3)4/h11,15H,5-10H2,1-4H3. The first-order chi connectivity index (χ1) is 6.94. The first kappa shape index (κ1) is 13.3. The molecular formula is C12H26N2S. The van der Waals surface area contributed by atoms with E-state index in [2.05, 4.69) is 50.4 Å². The van der Waals surface area contributed by atoms with E-state index >= 15 is 0 Å². The summed E-state index contributed by atoms with van der Waals surface area (Å²) in [5, 5.41) is 0. The molecule has 1 heterocycles. The lowest BCUT2D eigenvalue weighted by molar-refractivity contribution is 0.156. The third-order valence-electron chi connectivity index (χ3n) is 3.13. The number of nitrogens with zero attached hydrogens (tertiary/aromatic N) is 2. The van der Waals surface area contributed by atoms with Crippen LogP contribution in [-0.4, -0.2) is 55.3 Å². The molecule has 2 nitrogen and oxygen atoms in total. The van der Waals surface area contributed by atoms with Gasteiger partial charge in [-0.25, -0.2) is 0 Å². The van der Waals surface area contributed by atoms with Gasteiger partial charge in [-0.1, -0.05) is 13.8 Å². The van der Waals surface area contributed by atoms with Gasteiger partial charge in [0.25, 0.3) is 0 Å². The number of hydrogen-bond donors (Lipinski definition) is 1. The molecule has 0 aliphatic carbocycles. The molecule has 1 fully saturated rings. The summed E-state index contributed by atoms with van der Waals surface area (Å²) in [5.74, 6) is 0.970. The first-order valence-electron chi connectivity index (χ1n) is 5.94. The molecule has 3 heteroatoms. The summed E-state index contributed by atoms with van der Waals surface area (Å²) in [7, 11) is 4.33. The Morgan fingerprint density at radius 2 is 2.07 bits per heavy atom. The van der Waals surface area contributed by atoms with Crippen LogP contribution < -0.4 is 0 Å². The van der Waals surface area contributed by atoms with Crippen LogP contribution in [-0.2, 0) is 0 Å². The summed E-state index contributed by atoms with van der Waals surface area (Å²) in [6.07, 6.45) is 2.72. The molecule has 1 saturated heterocycles. The second kappa shape index (κ2) is 5.55. The van der Waals surface area contributed by atoms with Crippen LogP contribution in [0.2, 0.25) is 0 Å². The quantitative estimate of drug-likeness (QED) is 0.722. The van der Waals surface area contributed by atoms with E-state index in [1.54, 1.807) is 0 Å². The van der Waals surface area contributed by atoms with Crippen molar-refractivity contribution in [3.05, 3.63) is 0 Å². The number of hydrogen-bond acceptors (Lipinski definition) is 3. The third kappa shape index (κ3) is 4.33. The summed E-state index contributed by atoms with van der Waals surface area (Å²) in [5.41, 5.74) is 0.345. The van der Waals surface area contributed by atoms with Gasteiger partial charge in [-0.3, -0.25) is 4.90 Å². The Bertz CT molecular complexity index is 192. The highest BCUT2D eigenvalue weighted by atomic mass is 32.1. The average molecular weight is 230 g/mol. The fourth-order valence-corrected chi connectivity index (χ4v) is 2.43. The predicted octanol–water partition coefficient (Wildman–Crippen LogP) is 1.97. The SMILES string of the molecule is CN(C)CC1CCCN1CC(C)(C)CS. The van der Waals surface area contributed by atoms with Gasteiger partial charge in [0.15, 0.2) is 0 Å². The van der Waals surface area contributed by atoms with E-state index in [0.29, 0.717) is 5.41 Å². The van der Waals surface area contributed by atoms with E-state index in [0.717, 1.165) is 11.8 Å². The van der Waals surface area contributed by atoms with Crippen molar-refractivity contribution in [2.45, 2.75) is 32.7 Å². The zero-order valence-corrected chi connectivity index (χ0v) is 11.6. The molecule has 1 atom stereocenters. The van der Waals surface area contributed by atoms with Crippen molar-refractivity contribution in [2.75, 3.05) is 39.5 Å². The second-order valence-corrected chi connectivity index (χ2v) is 6.17. The van der Waals surface area contributed by atoms with Crippen LogP contribution in [0.3, 0.4) is 0 Å². The zero-order valence-electron chi connectivity index (χ0n) is 10.7. The Morgan fingerprint density at radius 3 is 2.60 bits per heavy atom.